The summed E-state index contributed by atoms with van der Waals surface area (Å²) in [6.07, 6.45) is 3.42. The SMILES string of the molecule is CCCCN(CCCC)S(=O)(=O)c1ccc(/C(O)=C(\C#N)c2nc3ccccc3[nH]2)cc1. The van der Waals surface area contributed by atoms with Crippen LogP contribution >= 0.6 is 0 Å². The number of allylic oxidation sites excluding steroid dienone is 1. The Morgan fingerprint density at radius 2 is 1.69 bits per heavy atom. The molecule has 0 radical (unpaired) electrons. The monoisotopic (exact) mass is 452 g/mol. The minimum atomic E-state index is -3.63. The number of sulfonamides is 1. The zero-order valence-corrected chi connectivity index (χ0v) is 19.2. The second-order valence-corrected chi connectivity index (χ2v) is 9.51. The summed E-state index contributed by atoms with van der Waals surface area (Å²) >= 11 is 0. The predicted molar refractivity (Wildman–Crippen MR) is 126 cm³/mol. The van der Waals surface area contributed by atoms with Crippen LogP contribution in [0.5, 0.6) is 0 Å². The molecule has 3 rings (SSSR count). The topological polar surface area (TPSA) is 110 Å². The highest BCUT2D eigenvalue weighted by atomic mass is 32.2. The van der Waals surface area contributed by atoms with Crippen molar-refractivity contribution >= 4 is 32.4 Å². The number of aromatic nitrogens is 2. The Labute approximate surface area is 189 Å². The molecular formula is C24H28N4O3S. The largest absolute Gasteiger partial charge is 0.506 e. The van der Waals surface area contributed by atoms with Gasteiger partial charge >= 0.3 is 0 Å². The summed E-state index contributed by atoms with van der Waals surface area (Å²) in [5.41, 5.74) is 1.77. The summed E-state index contributed by atoms with van der Waals surface area (Å²) in [5.74, 6) is -0.00229. The number of benzene rings is 2. The molecule has 1 aromatic heterocycles. The highest BCUT2D eigenvalue weighted by Gasteiger charge is 2.24. The lowest BCUT2D eigenvalue weighted by Gasteiger charge is -2.22. The van der Waals surface area contributed by atoms with Crippen LogP contribution < -0.4 is 0 Å². The van der Waals surface area contributed by atoms with Gasteiger partial charge in [-0.25, -0.2) is 13.4 Å². The zero-order chi connectivity index (χ0) is 23.1. The number of hydrogen-bond donors (Lipinski definition) is 2. The summed E-state index contributed by atoms with van der Waals surface area (Å²) in [4.78, 5) is 7.57. The van der Waals surface area contributed by atoms with Crippen molar-refractivity contribution in [2.45, 2.75) is 44.4 Å². The molecule has 2 aromatic carbocycles. The molecule has 0 unspecified atom stereocenters. The Kier molecular flexibility index (Phi) is 7.67. The van der Waals surface area contributed by atoms with E-state index in [2.05, 4.69) is 9.97 Å². The first-order valence-corrected chi connectivity index (χ1v) is 12.2. The molecular weight excluding hydrogens is 424 g/mol. The molecule has 0 amide bonds. The first kappa shape index (κ1) is 23.5. The number of aromatic amines is 1. The third kappa shape index (κ3) is 5.01. The van der Waals surface area contributed by atoms with Crippen LogP contribution in [0.25, 0.3) is 22.4 Å². The van der Waals surface area contributed by atoms with Gasteiger partial charge in [0.15, 0.2) is 5.82 Å². The third-order valence-electron chi connectivity index (χ3n) is 5.26. The summed E-state index contributed by atoms with van der Waals surface area (Å²) in [5, 5.41) is 20.4. The number of rotatable bonds is 10. The molecule has 0 aliphatic heterocycles. The van der Waals surface area contributed by atoms with Gasteiger partial charge in [-0.2, -0.15) is 9.57 Å². The van der Waals surface area contributed by atoms with Crippen molar-refractivity contribution < 1.29 is 13.5 Å². The molecule has 0 bridgehead atoms. The summed E-state index contributed by atoms with van der Waals surface area (Å²) in [7, 11) is -3.63. The average Bonchev–Trinajstić information content (AvgIpc) is 3.23. The van der Waals surface area contributed by atoms with Crippen LogP contribution in [-0.2, 0) is 10.0 Å². The van der Waals surface area contributed by atoms with Crippen LogP contribution in [-0.4, -0.2) is 40.9 Å². The van der Waals surface area contributed by atoms with Gasteiger partial charge in [0, 0.05) is 18.7 Å². The first-order chi connectivity index (χ1) is 15.4. The van der Waals surface area contributed by atoms with Gasteiger partial charge in [0.1, 0.15) is 17.4 Å². The molecule has 0 saturated heterocycles. The number of imidazole rings is 1. The molecule has 32 heavy (non-hydrogen) atoms. The fourth-order valence-corrected chi connectivity index (χ4v) is 4.91. The van der Waals surface area contributed by atoms with E-state index in [1.807, 2.05) is 44.2 Å². The van der Waals surface area contributed by atoms with Crippen molar-refractivity contribution in [2.75, 3.05) is 13.1 Å². The van der Waals surface area contributed by atoms with Gasteiger partial charge in [-0.15, -0.1) is 0 Å². The minimum Gasteiger partial charge on any atom is -0.506 e. The molecule has 0 aliphatic rings. The van der Waals surface area contributed by atoms with E-state index in [1.165, 1.54) is 28.6 Å². The second kappa shape index (κ2) is 10.4. The number of aliphatic hydroxyl groups excluding tert-OH is 1. The fraction of sp³-hybridized carbons (Fsp3) is 0.333. The van der Waals surface area contributed by atoms with Crippen molar-refractivity contribution in [3.8, 4) is 6.07 Å². The zero-order valence-electron chi connectivity index (χ0n) is 18.4. The van der Waals surface area contributed by atoms with Crippen molar-refractivity contribution in [2.24, 2.45) is 0 Å². The van der Waals surface area contributed by atoms with E-state index in [0.717, 1.165) is 31.2 Å². The van der Waals surface area contributed by atoms with Crippen molar-refractivity contribution in [1.82, 2.24) is 14.3 Å². The molecule has 8 heteroatoms. The maximum atomic E-state index is 13.1. The van der Waals surface area contributed by atoms with E-state index in [-0.39, 0.29) is 22.1 Å². The van der Waals surface area contributed by atoms with Crippen molar-refractivity contribution in [3.05, 3.63) is 59.9 Å². The Morgan fingerprint density at radius 1 is 1.06 bits per heavy atom. The summed E-state index contributed by atoms with van der Waals surface area (Å²) < 4.78 is 27.8. The number of hydrogen-bond acceptors (Lipinski definition) is 5. The summed E-state index contributed by atoms with van der Waals surface area (Å²) in [6.45, 7) is 5.03. The average molecular weight is 453 g/mol. The Balaban J connectivity index is 1.92. The second-order valence-electron chi connectivity index (χ2n) is 7.57. The first-order valence-electron chi connectivity index (χ1n) is 10.8. The smallest absolute Gasteiger partial charge is 0.243 e. The number of nitrogens with one attached hydrogen (secondary N) is 1. The maximum absolute atomic E-state index is 13.1. The number of nitriles is 1. The van der Waals surface area contributed by atoms with E-state index in [1.54, 1.807) is 0 Å². The lowest BCUT2D eigenvalue weighted by Crippen LogP contribution is -2.33. The van der Waals surface area contributed by atoms with Gasteiger partial charge in [-0.3, -0.25) is 0 Å². The van der Waals surface area contributed by atoms with Crippen LogP contribution in [0, 0.1) is 11.3 Å². The van der Waals surface area contributed by atoms with Gasteiger partial charge < -0.3 is 10.1 Å². The van der Waals surface area contributed by atoms with Crippen LogP contribution in [0.4, 0.5) is 0 Å². The van der Waals surface area contributed by atoms with E-state index in [0.29, 0.717) is 24.2 Å². The van der Waals surface area contributed by atoms with Gasteiger partial charge in [0.2, 0.25) is 10.0 Å². The highest BCUT2D eigenvalue weighted by molar-refractivity contribution is 7.89. The standard InChI is InChI=1S/C24H28N4O3S/c1-3-5-15-28(16-6-4-2)32(30,31)19-13-11-18(12-14-19)23(29)20(17-25)24-26-21-9-7-8-10-22(21)27-24/h7-14,29H,3-6,15-16H2,1-2H3,(H,26,27)/b23-20-. The normalized spacial score (nSPS) is 12.7. The summed E-state index contributed by atoms with van der Waals surface area (Å²) in [6, 6.07) is 15.3. The van der Waals surface area contributed by atoms with E-state index < -0.39 is 10.0 Å². The van der Waals surface area contributed by atoms with Gasteiger partial charge in [-0.1, -0.05) is 38.8 Å². The molecule has 0 aliphatic carbocycles. The number of aliphatic hydroxyl groups is 1. The number of fused-ring (bicyclic) bond motifs is 1. The van der Waals surface area contributed by atoms with Crippen LogP contribution in [0.1, 0.15) is 50.9 Å². The van der Waals surface area contributed by atoms with E-state index >= 15 is 0 Å². The number of nitrogens with zero attached hydrogens (tertiary/aromatic N) is 3. The van der Waals surface area contributed by atoms with Gasteiger partial charge in [0.05, 0.1) is 15.9 Å². The fourth-order valence-electron chi connectivity index (χ4n) is 3.39. The molecule has 7 nitrogen and oxygen atoms in total. The molecule has 0 atom stereocenters. The van der Waals surface area contributed by atoms with Crippen molar-refractivity contribution in [3.63, 3.8) is 0 Å². The van der Waals surface area contributed by atoms with E-state index in [9.17, 15) is 18.8 Å². The number of unbranched alkanes of at least 4 members (excludes halogenated alkanes) is 2. The van der Waals surface area contributed by atoms with Crippen LogP contribution in [0.2, 0.25) is 0 Å². The number of para-hydroxylation sites is 2. The molecule has 3 aromatic rings. The van der Waals surface area contributed by atoms with Crippen LogP contribution in [0.15, 0.2) is 53.4 Å². The Morgan fingerprint density at radius 3 is 2.25 bits per heavy atom. The lowest BCUT2D eigenvalue weighted by molar-refractivity contribution is 0.395. The molecule has 0 spiro atoms. The van der Waals surface area contributed by atoms with Crippen LogP contribution in [0.3, 0.4) is 0 Å². The maximum Gasteiger partial charge on any atom is 0.243 e. The Bertz CT molecular complexity index is 1200. The van der Waals surface area contributed by atoms with E-state index in [4.69, 9.17) is 0 Å². The minimum absolute atomic E-state index is 0.00988. The molecule has 0 saturated carbocycles. The van der Waals surface area contributed by atoms with Gasteiger partial charge in [0.25, 0.3) is 0 Å². The molecule has 0 fully saturated rings. The van der Waals surface area contributed by atoms with Crippen molar-refractivity contribution in [1.29, 1.82) is 5.26 Å². The number of H-pyrrole nitrogens is 1. The molecule has 1 heterocycles. The quantitative estimate of drug-likeness (QED) is 0.328. The van der Waals surface area contributed by atoms with Gasteiger partial charge in [-0.05, 0) is 49.2 Å². The lowest BCUT2D eigenvalue weighted by atomic mass is 10.1. The highest BCUT2D eigenvalue weighted by Crippen LogP contribution is 2.26. The third-order valence-corrected chi connectivity index (χ3v) is 7.18. The molecule has 2 N–H and O–H groups in total. The molecule has 168 valence electrons. The Hall–Kier alpha value is -3.15. The predicted octanol–water partition coefficient (Wildman–Crippen LogP) is 5.10.